The molecular weight excluding hydrogens is 246 g/mol. The molecule has 0 atom stereocenters. The van der Waals surface area contributed by atoms with Gasteiger partial charge in [0.1, 0.15) is 6.17 Å². The average Bonchev–Trinajstić information content (AvgIpc) is 2.46. The van der Waals surface area contributed by atoms with Gasteiger partial charge in [-0.1, -0.05) is 12.1 Å². The van der Waals surface area contributed by atoms with E-state index >= 15 is 0 Å². The van der Waals surface area contributed by atoms with Crippen molar-refractivity contribution in [1.82, 2.24) is 21.3 Å². The van der Waals surface area contributed by atoms with E-state index in [1.807, 2.05) is 6.07 Å². The number of nitriles is 1. The van der Waals surface area contributed by atoms with Gasteiger partial charge >= 0.3 is 12.1 Å². The highest BCUT2D eigenvalue weighted by atomic mass is 16.2. The molecule has 0 spiro atoms. The summed E-state index contributed by atoms with van der Waals surface area (Å²) in [5, 5.41) is 18.7. The zero-order valence-electron chi connectivity index (χ0n) is 10.7. The van der Waals surface area contributed by atoms with Crippen LogP contribution in [0.2, 0.25) is 0 Å². The van der Waals surface area contributed by atoms with Crippen molar-refractivity contribution in [1.29, 1.82) is 5.26 Å². The molecular formula is C12H15N5O2. The van der Waals surface area contributed by atoms with Gasteiger partial charge in [0.05, 0.1) is 11.6 Å². The maximum Gasteiger partial charge on any atom is 0.316 e. The summed E-state index contributed by atoms with van der Waals surface area (Å²) in [5.41, 5.74) is 1.16. The second-order valence-electron chi connectivity index (χ2n) is 3.61. The van der Waals surface area contributed by atoms with Gasteiger partial charge in [0.15, 0.2) is 0 Å². The van der Waals surface area contributed by atoms with Crippen LogP contribution in [0.5, 0.6) is 0 Å². The molecule has 1 rings (SSSR count). The largest absolute Gasteiger partial charge is 0.341 e. The Kier molecular flexibility index (Phi) is 5.17. The number of nitrogens with one attached hydrogen (secondary N) is 4. The van der Waals surface area contributed by atoms with E-state index in [0.717, 1.165) is 0 Å². The Balaban J connectivity index is 2.90. The van der Waals surface area contributed by atoms with E-state index in [2.05, 4.69) is 21.3 Å². The van der Waals surface area contributed by atoms with E-state index in [4.69, 9.17) is 5.26 Å². The summed E-state index contributed by atoms with van der Waals surface area (Å²) in [5.74, 6) is 0. The van der Waals surface area contributed by atoms with Crippen LogP contribution in [-0.2, 0) is 0 Å². The monoisotopic (exact) mass is 261 g/mol. The number of carbonyl (C=O) groups excluding carboxylic acids is 2. The number of carbonyl (C=O) groups is 2. The van der Waals surface area contributed by atoms with Crippen molar-refractivity contribution >= 4 is 12.1 Å². The topological polar surface area (TPSA) is 106 Å². The lowest BCUT2D eigenvalue weighted by Gasteiger charge is -2.20. The van der Waals surface area contributed by atoms with Crippen LogP contribution in [0.1, 0.15) is 17.3 Å². The van der Waals surface area contributed by atoms with Gasteiger partial charge in [-0.15, -0.1) is 0 Å². The molecule has 0 radical (unpaired) electrons. The van der Waals surface area contributed by atoms with Crippen LogP contribution in [0.15, 0.2) is 24.3 Å². The van der Waals surface area contributed by atoms with Crippen molar-refractivity contribution in [2.75, 3.05) is 14.1 Å². The van der Waals surface area contributed by atoms with Crippen molar-refractivity contribution < 1.29 is 9.59 Å². The van der Waals surface area contributed by atoms with Gasteiger partial charge in [-0.3, -0.25) is 0 Å². The van der Waals surface area contributed by atoms with E-state index in [-0.39, 0.29) is 0 Å². The molecule has 7 heteroatoms. The lowest BCUT2D eigenvalue weighted by Crippen LogP contribution is -2.46. The predicted molar refractivity (Wildman–Crippen MR) is 69.1 cm³/mol. The SMILES string of the molecule is CNC(=O)NC(NC(=O)NC)c1ccc(C#N)cc1. The molecule has 4 N–H and O–H groups in total. The first-order valence-corrected chi connectivity index (χ1v) is 5.57. The zero-order chi connectivity index (χ0) is 14.3. The van der Waals surface area contributed by atoms with Gasteiger partial charge in [-0.25, -0.2) is 9.59 Å². The highest BCUT2D eigenvalue weighted by Gasteiger charge is 2.15. The molecule has 4 amide bonds. The Morgan fingerprint density at radius 3 is 1.89 bits per heavy atom. The number of amides is 4. The molecule has 100 valence electrons. The van der Waals surface area contributed by atoms with Gasteiger partial charge in [0.25, 0.3) is 0 Å². The Hall–Kier alpha value is -2.75. The van der Waals surface area contributed by atoms with Gasteiger partial charge in [0, 0.05) is 14.1 Å². The summed E-state index contributed by atoms with van der Waals surface area (Å²) in [6, 6.07) is 7.69. The summed E-state index contributed by atoms with van der Waals surface area (Å²) < 4.78 is 0. The van der Waals surface area contributed by atoms with E-state index in [9.17, 15) is 9.59 Å². The first-order chi connectivity index (χ1) is 9.10. The molecule has 0 fully saturated rings. The average molecular weight is 261 g/mol. The fourth-order valence-corrected chi connectivity index (χ4v) is 1.36. The van der Waals surface area contributed by atoms with Crippen LogP contribution in [0.4, 0.5) is 9.59 Å². The smallest absolute Gasteiger partial charge is 0.316 e. The molecule has 19 heavy (non-hydrogen) atoms. The number of urea groups is 2. The zero-order valence-corrected chi connectivity index (χ0v) is 10.7. The van der Waals surface area contributed by atoms with Crippen LogP contribution in [0.25, 0.3) is 0 Å². The molecule has 0 aliphatic carbocycles. The van der Waals surface area contributed by atoms with Crippen molar-refractivity contribution in [3.63, 3.8) is 0 Å². The van der Waals surface area contributed by atoms with Crippen LogP contribution >= 0.6 is 0 Å². The van der Waals surface area contributed by atoms with E-state index in [1.54, 1.807) is 24.3 Å². The van der Waals surface area contributed by atoms with Gasteiger partial charge in [-0.2, -0.15) is 5.26 Å². The second kappa shape index (κ2) is 6.86. The summed E-state index contributed by atoms with van der Waals surface area (Å²) in [6.45, 7) is 0. The van der Waals surface area contributed by atoms with Crippen molar-refractivity contribution in [3.05, 3.63) is 35.4 Å². The van der Waals surface area contributed by atoms with Crippen LogP contribution < -0.4 is 21.3 Å². The third-order valence-corrected chi connectivity index (χ3v) is 2.38. The number of hydrogen-bond acceptors (Lipinski definition) is 3. The first kappa shape index (κ1) is 14.3. The molecule has 0 unspecified atom stereocenters. The minimum absolute atomic E-state index is 0.425. The van der Waals surface area contributed by atoms with Crippen LogP contribution in [0.3, 0.4) is 0 Å². The van der Waals surface area contributed by atoms with Crippen molar-refractivity contribution in [2.45, 2.75) is 6.17 Å². The Bertz CT molecular complexity index is 474. The summed E-state index contributed by atoms with van der Waals surface area (Å²) >= 11 is 0. The van der Waals surface area contributed by atoms with Crippen LogP contribution in [0, 0.1) is 11.3 Å². The maximum atomic E-state index is 11.3. The Morgan fingerprint density at radius 1 is 1.05 bits per heavy atom. The van der Waals surface area contributed by atoms with Crippen molar-refractivity contribution in [3.8, 4) is 6.07 Å². The number of hydrogen-bond donors (Lipinski definition) is 4. The molecule has 1 aromatic carbocycles. The van der Waals surface area contributed by atoms with Crippen molar-refractivity contribution in [2.24, 2.45) is 0 Å². The molecule has 0 heterocycles. The number of benzene rings is 1. The quantitative estimate of drug-likeness (QED) is 0.592. The summed E-state index contributed by atoms with van der Waals surface area (Å²) in [7, 11) is 2.95. The normalized spacial score (nSPS) is 9.37. The van der Waals surface area contributed by atoms with E-state index < -0.39 is 18.2 Å². The Morgan fingerprint density at radius 2 is 1.53 bits per heavy atom. The second-order valence-corrected chi connectivity index (χ2v) is 3.61. The molecule has 0 saturated heterocycles. The molecule has 1 aromatic rings. The lowest BCUT2D eigenvalue weighted by molar-refractivity contribution is 0.228. The van der Waals surface area contributed by atoms with E-state index in [0.29, 0.717) is 11.1 Å². The lowest BCUT2D eigenvalue weighted by atomic mass is 10.1. The fourth-order valence-electron chi connectivity index (χ4n) is 1.36. The molecule has 0 bridgehead atoms. The summed E-state index contributed by atoms with van der Waals surface area (Å²) in [6.07, 6.45) is -0.687. The standard InChI is InChI=1S/C12H15N5O2/c1-14-11(18)16-10(17-12(19)15-2)9-5-3-8(7-13)4-6-9/h3-6,10H,1-2H3,(H2,14,16,18)(H2,15,17,19). The number of nitrogens with zero attached hydrogens (tertiary/aromatic N) is 1. The number of rotatable bonds is 3. The Labute approximate surface area is 111 Å². The van der Waals surface area contributed by atoms with E-state index in [1.165, 1.54) is 14.1 Å². The summed E-state index contributed by atoms with van der Waals surface area (Å²) in [4.78, 5) is 22.7. The highest BCUT2D eigenvalue weighted by Crippen LogP contribution is 2.11. The third kappa shape index (κ3) is 4.20. The molecule has 7 nitrogen and oxygen atoms in total. The van der Waals surface area contributed by atoms with Gasteiger partial charge in [-0.05, 0) is 17.7 Å². The van der Waals surface area contributed by atoms with Crippen LogP contribution in [-0.4, -0.2) is 26.2 Å². The third-order valence-electron chi connectivity index (χ3n) is 2.38. The molecule has 0 aliphatic rings. The molecule has 0 aromatic heterocycles. The molecule has 0 saturated carbocycles. The molecule has 0 aliphatic heterocycles. The minimum Gasteiger partial charge on any atom is -0.341 e. The minimum atomic E-state index is -0.687. The van der Waals surface area contributed by atoms with Gasteiger partial charge < -0.3 is 21.3 Å². The first-order valence-electron chi connectivity index (χ1n) is 5.57. The fraction of sp³-hybridized carbons (Fsp3) is 0.250. The highest BCUT2D eigenvalue weighted by molar-refractivity contribution is 5.77. The maximum absolute atomic E-state index is 11.3. The predicted octanol–water partition coefficient (Wildman–Crippen LogP) is 0.415. The van der Waals surface area contributed by atoms with Gasteiger partial charge in [0.2, 0.25) is 0 Å².